The van der Waals surface area contributed by atoms with E-state index in [0.717, 1.165) is 10.3 Å². The second-order valence-corrected chi connectivity index (χ2v) is 4.00. The van der Waals surface area contributed by atoms with Crippen molar-refractivity contribution < 1.29 is 19.2 Å². The molecule has 2 aliphatic rings. The maximum absolute atomic E-state index is 11.1. The molecule has 0 aromatic heterocycles. The van der Waals surface area contributed by atoms with Crippen LogP contribution in [0.5, 0.6) is 0 Å². The van der Waals surface area contributed by atoms with Crippen LogP contribution in [-0.4, -0.2) is 31.8 Å². The number of hydrogen-bond donors (Lipinski definition) is 1. The number of aliphatic carboxylic acids is 1. The van der Waals surface area contributed by atoms with Gasteiger partial charge in [0.1, 0.15) is 0 Å². The van der Waals surface area contributed by atoms with Gasteiger partial charge in [-0.05, 0) is 0 Å². The summed E-state index contributed by atoms with van der Waals surface area (Å²) in [5.41, 5.74) is -0.144. The van der Waals surface area contributed by atoms with Gasteiger partial charge in [0.05, 0.1) is 6.42 Å². The van der Waals surface area contributed by atoms with Gasteiger partial charge in [0.2, 0.25) is 11.3 Å². The van der Waals surface area contributed by atoms with Gasteiger partial charge in [0.15, 0.2) is 11.1 Å². The maximum atomic E-state index is 11.1. The van der Waals surface area contributed by atoms with Crippen LogP contribution in [0.25, 0.3) is 0 Å². The molecule has 12 heavy (non-hydrogen) atoms. The molecule has 0 aromatic rings. The van der Waals surface area contributed by atoms with Crippen LogP contribution < -0.4 is 0 Å². The van der Waals surface area contributed by atoms with E-state index in [4.69, 9.17) is 5.11 Å². The lowest BCUT2D eigenvalue weighted by Crippen LogP contribution is -2.52. The molecule has 1 N–H and O–H groups in total. The van der Waals surface area contributed by atoms with E-state index in [-0.39, 0.29) is 18.0 Å². The predicted molar refractivity (Wildman–Crippen MR) is 39.1 cm³/mol. The zero-order chi connectivity index (χ0) is 8.88. The Kier molecular flexibility index (Phi) is 1.42. The SMILES string of the molecule is O=C(O)C1=C[S+]([O-])[C@@H]2CC(=O)N12. The quantitative estimate of drug-likeness (QED) is 0.432. The fourth-order valence-corrected chi connectivity index (χ4v) is 2.60. The highest BCUT2D eigenvalue weighted by atomic mass is 32.2. The number of nitrogens with zero attached hydrogens (tertiary/aromatic N) is 1. The Morgan fingerprint density at radius 2 is 2.50 bits per heavy atom. The average Bonchev–Trinajstić information content (AvgIpc) is 2.22. The highest BCUT2D eigenvalue weighted by Crippen LogP contribution is 2.36. The van der Waals surface area contributed by atoms with Gasteiger partial charge < -0.3 is 9.66 Å². The number of β-lactam (4-membered cyclic amide) rings is 1. The van der Waals surface area contributed by atoms with Crippen molar-refractivity contribution in [3.63, 3.8) is 0 Å². The fraction of sp³-hybridized carbons (Fsp3) is 0.333. The molecule has 64 valence electrons. The van der Waals surface area contributed by atoms with Crippen molar-refractivity contribution in [1.29, 1.82) is 0 Å². The normalized spacial score (nSPS) is 32.6. The molecule has 0 spiro atoms. The van der Waals surface area contributed by atoms with Crippen LogP contribution in [0.3, 0.4) is 0 Å². The predicted octanol–water partition coefficient (Wildman–Crippen LogP) is -0.767. The lowest BCUT2D eigenvalue weighted by atomic mass is 10.2. The molecular weight excluding hydrogens is 182 g/mol. The number of carboxylic acids is 1. The zero-order valence-corrected chi connectivity index (χ0v) is 6.71. The minimum absolute atomic E-state index is 0.144. The second-order valence-electron chi connectivity index (χ2n) is 2.56. The summed E-state index contributed by atoms with van der Waals surface area (Å²) < 4.78 is 11.1. The lowest BCUT2D eigenvalue weighted by Gasteiger charge is -2.32. The molecule has 2 heterocycles. The Morgan fingerprint density at radius 3 is 2.92 bits per heavy atom. The Labute approximate surface area is 70.8 Å². The van der Waals surface area contributed by atoms with Gasteiger partial charge in [0, 0.05) is 11.2 Å². The molecule has 2 aliphatic heterocycles. The molecule has 0 radical (unpaired) electrons. The molecule has 1 saturated heterocycles. The van der Waals surface area contributed by atoms with Crippen LogP contribution in [0.2, 0.25) is 0 Å². The highest BCUT2D eigenvalue weighted by Gasteiger charge is 2.53. The van der Waals surface area contributed by atoms with Crippen LogP contribution in [0.4, 0.5) is 0 Å². The van der Waals surface area contributed by atoms with Gasteiger partial charge >= 0.3 is 5.97 Å². The summed E-state index contributed by atoms with van der Waals surface area (Å²) in [7, 11) is 0. The summed E-state index contributed by atoms with van der Waals surface area (Å²) in [5.74, 6) is -1.46. The number of rotatable bonds is 1. The second kappa shape index (κ2) is 2.24. The monoisotopic (exact) mass is 187 g/mol. The van der Waals surface area contributed by atoms with Crippen LogP contribution in [0.15, 0.2) is 11.1 Å². The number of carbonyl (C=O) groups is 2. The van der Waals surface area contributed by atoms with Gasteiger partial charge in [0.25, 0.3) is 0 Å². The average molecular weight is 187 g/mol. The van der Waals surface area contributed by atoms with E-state index >= 15 is 0 Å². The Bertz CT molecular complexity index is 300. The van der Waals surface area contributed by atoms with E-state index in [0.29, 0.717) is 0 Å². The summed E-state index contributed by atoms with van der Waals surface area (Å²) in [6, 6.07) is 0. The molecule has 2 atom stereocenters. The first-order valence-corrected chi connectivity index (χ1v) is 4.55. The third-order valence-corrected chi connectivity index (χ3v) is 3.25. The van der Waals surface area contributed by atoms with Crippen LogP contribution in [0, 0.1) is 0 Å². The van der Waals surface area contributed by atoms with E-state index in [1.165, 1.54) is 0 Å². The van der Waals surface area contributed by atoms with Gasteiger partial charge in [-0.15, -0.1) is 0 Å². The topological polar surface area (TPSA) is 80.7 Å². The molecule has 2 rings (SSSR count). The van der Waals surface area contributed by atoms with E-state index in [1.807, 2.05) is 0 Å². The molecule has 1 amide bonds. The molecule has 0 bridgehead atoms. The lowest BCUT2D eigenvalue weighted by molar-refractivity contribution is -0.145. The first kappa shape index (κ1) is 7.63. The van der Waals surface area contributed by atoms with Gasteiger partial charge in [-0.1, -0.05) is 0 Å². The Hall–Kier alpha value is -1.01. The van der Waals surface area contributed by atoms with Crippen LogP contribution in [0.1, 0.15) is 6.42 Å². The molecule has 0 aliphatic carbocycles. The minimum atomic E-state index is -1.32. The summed E-state index contributed by atoms with van der Waals surface area (Å²) in [5, 5.41) is 9.28. The summed E-state index contributed by atoms with van der Waals surface area (Å²) in [4.78, 5) is 22.4. The Morgan fingerprint density at radius 1 is 1.83 bits per heavy atom. The summed E-state index contributed by atoms with van der Waals surface area (Å²) in [6.07, 6.45) is 0.194. The number of amides is 1. The zero-order valence-electron chi connectivity index (χ0n) is 5.89. The van der Waals surface area contributed by atoms with Crippen LogP contribution >= 0.6 is 0 Å². The molecular formula is C6H5NO4S. The highest BCUT2D eigenvalue weighted by molar-refractivity contribution is 7.95. The van der Waals surface area contributed by atoms with Gasteiger partial charge in [-0.3, -0.25) is 9.69 Å². The van der Waals surface area contributed by atoms with Crippen molar-refractivity contribution in [2.24, 2.45) is 0 Å². The summed E-state index contributed by atoms with van der Waals surface area (Å²) in [6.45, 7) is 0. The van der Waals surface area contributed by atoms with Gasteiger partial charge in [-0.25, -0.2) is 4.79 Å². The largest absolute Gasteiger partial charge is 0.610 e. The van der Waals surface area contributed by atoms with Crippen molar-refractivity contribution in [2.45, 2.75) is 11.8 Å². The fourth-order valence-electron chi connectivity index (χ4n) is 1.26. The summed E-state index contributed by atoms with van der Waals surface area (Å²) >= 11 is -1.32. The van der Waals surface area contributed by atoms with E-state index in [2.05, 4.69) is 0 Å². The van der Waals surface area contributed by atoms with Crippen molar-refractivity contribution in [1.82, 2.24) is 4.90 Å². The van der Waals surface area contributed by atoms with Crippen LogP contribution in [-0.2, 0) is 20.8 Å². The van der Waals surface area contributed by atoms with Crippen molar-refractivity contribution >= 4 is 23.1 Å². The van der Waals surface area contributed by atoms with E-state index in [1.54, 1.807) is 0 Å². The maximum Gasteiger partial charge on any atom is 0.357 e. The molecule has 0 aromatic carbocycles. The number of carbonyl (C=O) groups excluding carboxylic acids is 1. The Balaban J connectivity index is 2.29. The molecule has 6 heteroatoms. The number of hydrogen-bond acceptors (Lipinski definition) is 3. The molecule has 1 unspecified atom stereocenters. The standard InChI is InChI=1S/C6H5NO4S/c8-4-1-5-7(4)3(6(9)10)2-12(5)11/h2,5H,1H2,(H,9,10)/t5-,12?/m1/s1. The number of fused-ring (bicyclic) bond motifs is 1. The van der Waals surface area contributed by atoms with Crippen molar-refractivity contribution in [2.75, 3.05) is 0 Å². The van der Waals surface area contributed by atoms with E-state index < -0.39 is 22.5 Å². The first-order chi connectivity index (χ1) is 5.61. The minimum Gasteiger partial charge on any atom is -0.610 e. The molecule has 1 fully saturated rings. The van der Waals surface area contributed by atoms with E-state index in [9.17, 15) is 14.1 Å². The van der Waals surface area contributed by atoms with Gasteiger partial charge in [-0.2, -0.15) is 0 Å². The molecule has 5 nitrogen and oxygen atoms in total. The number of carboxylic acid groups (broad SMARTS) is 1. The first-order valence-electron chi connectivity index (χ1n) is 3.28. The molecule has 0 saturated carbocycles. The smallest absolute Gasteiger partial charge is 0.357 e. The van der Waals surface area contributed by atoms with Crippen molar-refractivity contribution in [3.05, 3.63) is 11.1 Å². The van der Waals surface area contributed by atoms with Crippen molar-refractivity contribution in [3.8, 4) is 0 Å². The third-order valence-electron chi connectivity index (χ3n) is 1.88. The third kappa shape index (κ3) is 0.788.